The second kappa shape index (κ2) is 3.56. The fourth-order valence-electron chi connectivity index (χ4n) is 1.50. The van der Waals surface area contributed by atoms with Gasteiger partial charge in [0.05, 0.1) is 0 Å². The van der Waals surface area contributed by atoms with E-state index in [0.29, 0.717) is 10.0 Å². The Bertz CT molecular complexity index is 424. The van der Waals surface area contributed by atoms with Gasteiger partial charge in [0.15, 0.2) is 0 Å². The highest BCUT2D eigenvalue weighted by molar-refractivity contribution is 6.35. The summed E-state index contributed by atoms with van der Waals surface area (Å²) < 4.78 is 0. The number of rotatable bonds is 1. The lowest BCUT2D eigenvalue weighted by atomic mass is 10.0. The van der Waals surface area contributed by atoms with Gasteiger partial charge >= 0.3 is 6.03 Å². The van der Waals surface area contributed by atoms with Crippen molar-refractivity contribution in [1.82, 2.24) is 16.2 Å². The molecular weight excluding hydrogens is 237 g/mol. The van der Waals surface area contributed by atoms with Gasteiger partial charge in [0.1, 0.15) is 5.66 Å². The molecule has 4 nitrogen and oxygen atoms in total. The van der Waals surface area contributed by atoms with Crippen molar-refractivity contribution in [3.63, 3.8) is 0 Å². The molecule has 0 aliphatic carbocycles. The second-order valence-electron chi connectivity index (χ2n) is 3.45. The Labute approximate surface area is 96.9 Å². The smallest absolute Gasteiger partial charge is 0.314 e. The van der Waals surface area contributed by atoms with Gasteiger partial charge in [-0.2, -0.15) is 0 Å². The third-order valence-electron chi connectivity index (χ3n) is 2.26. The molecule has 0 radical (unpaired) electrons. The predicted molar refractivity (Wildman–Crippen MR) is 58.6 cm³/mol. The van der Waals surface area contributed by atoms with E-state index in [-0.39, 0.29) is 6.03 Å². The van der Waals surface area contributed by atoms with Crippen LogP contribution in [0.5, 0.6) is 0 Å². The van der Waals surface area contributed by atoms with Gasteiger partial charge in [-0.1, -0.05) is 29.3 Å². The molecule has 80 valence electrons. The van der Waals surface area contributed by atoms with Gasteiger partial charge in [0.25, 0.3) is 0 Å². The van der Waals surface area contributed by atoms with Crippen LogP contribution < -0.4 is 16.2 Å². The second-order valence-corrected chi connectivity index (χ2v) is 4.30. The van der Waals surface area contributed by atoms with Gasteiger partial charge in [-0.15, -0.1) is 0 Å². The third-order valence-corrected chi connectivity index (χ3v) is 2.81. The number of urea groups is 1. The first kappa shape index (κ1) is 10.5. The van der Waals surface area contributed by atoms with Crippen LogP contribution >= 0.6 is 23.2 Å². The third kappa shape index (κ3) is 1.88. The summed E-state index contributed by atoms with van der Waals surface area (Å²) in [4.78, 5) is 11.1. The minimum absolute atomic E-state index is 0.288. The number of amides is 2. The van der Waals surface area contributed by atoms with Crippen LogP contribution in [0.15, 0.2) is 18.2 Å². The monoisotopic (exact) mass is 245 g/mol. The Morgan fingerprint density at radius 1 is 1.33 bits per heavy atom. The molecule has 1 aromatic rings. The Morgan fingerprint density at radius 2 is 2.07 bits per heavy atom. The molecule has 0 bridgehead atoms. The van der Waals surface area contributed by atoms with Crippen molar-refractivity contribution in [2.45, 2.75) is 12.6 Å². The summed E-state index contributed by atoms with van der Waals surface area (Å²) in [6.07, 6.45) is 0. The van der Waals surface area contributed by atoms with Crippen molar-refractivity contribution in [1.29, 1.82) is 0 Å². The van der Waals surface area contributed by atoms with Crippen LogP contribution in [0.2, 0.25) is 10.0 Å². The lowest BCUT2D eigenvalue weighted by Gasteiger charge is -2.24. The van der Waals surface area contributed by atoms with Crippen molar-refractivity contribution in [3.8, 4) is 0 Å². The zero-order chi connectivity index (χ0) is 11.1. The Morgan fingerprint density at radius 3 is 2.60 bits per heavy atom. The molecule has 1 atom stereocenters. The SMILES string of the molecule is CC1(c2ccc(Cl)cc2Cl)NNC(=O)N1. The average Bonchev–Trinajstić information content (AvgIpc) is 2.46. The normalized spacial score (nSPS) is 24.9. The molecule has 0 aromatic heterocycles. The zero-order valence-corrected chi connectivity index (χ0v) is 9.41. The van der Waals surface area contributed by atoms with Crippen molar-refractivity contribution in [2.75, 3.05) is 0 Å². The first-order valence-electron chi connectivity index (χ1n) is 4.32. The van der Waals surface area contributed by atoms with Crippen molar-refractivity contribution >= 4 is 29.2 Å². The van der Waals surface area contributed by atoms with Gasteiger partial charge in [-0.25, -0.2) is 10.2 Å². The standard InChI is InChI=1S/C9H9Cl2N3O/c1-9(12-8(15)13-14-9)6-3-2-5(10)4-7(6)11/h2-4,14H,1H3,(H2,12,13,15). The number of carbonyl (C=O) groups excluding carboxylic acids is 1. The Balaban J connectivity index is 2.41. The van der Waals surface area contributed by atoms with Gasteiger partial charge in [-0.05, 0) is 19.1 Å². The summed E-state index contributed by atoms with van der Waals surface area (Å²) in [5.74, 6) is 0. The molecule has 1 aromatic carbocycles. The predicted octanol–water partition coefficient (Wildman–Crippen LogP) is 1.98. The first-order valence-corrected chi connectivity index (χ1v) is 5.08. The molecule has 2 amide bonds. The fraction of sp³-hybridized carbons (Fsp3) is 0.222. The van der Waals surface area contributed by atoms with E-state index in [1.54, 1.807) is 25.1 Å². The highest BCUT2D eigenvalue weighted by Crippen LogP contribution is 2.29. The maximum Gasteiger partial charge on any atom is 0.330 e. The number of hydrogen-bond donors (Lipinski definition) is 3. The summed E-state index contributed by atoms with van der Waals surface area (Å²) in [7, 11) is 0. The van der Waals surface area contributed by atoms with E-state index in [1.807, 2.05) is 0 Å². The van der Waals surface area contributed by atoms with Crippen molar-refractivity contribution in [3.05, 3.63) is 33.8 Å². The highest BCUT2D eigenvalue weighted by Gasteiger charge is 2.35. The summed E-state index contributed by atoms with van der Waals surface area (Å²) in [5, 5.41) is 3.78. The van der Waals surface area contributed by atoms with Crippen molar-refractivity contribution in [2.24, 2.45) is 0 Å². The number of halogens is 2. The molecule has 6 heteroatoms. The minimum Gasteiger partial charge on any atom is -0.314 e. The quantitative estimate of drug-likeness (QED) is 0.709. The highest BCUT2D eigenvalue weighted by atomic mass is 35.5. The average molecular weight is 246 g/mol. The molecular formula is C9H9Cl2N3O. The summed E-state index contributed by atoms with van der Waals surface area (Å²) in [6.45, 7) is 1.81. The van der Waals surface area contributed by atoms with Gasteiger partial charge in [0.2, 0.25) is 0 Å². The zero-order valence-electron chi connectivity index (χ0n) is 7.90. The van der Waals surface area contributed by atoms with E-state index in [0.717, 1.165) is 5.56 Å². The molecule has 1 heterocycles. The molecule has 0 saturated carbocycles. The largest absolute Gasteiger partial charge is 0.330 e. The number of hydrogen-bond acceptors (Lipinski definition) is 2. The number of benzene rings is 1. The lowest BCUT2D eigenvalue weighted by Crippen LogP contribution is -2.44. The van der Waals surface area contributed by atoms with E-state index >= 15 is 0 Å². The van der Waals surface area contributed by atoms with E-state index < -0.39 is 5.66 Å². The maximum absolute atomic E-state index is 11.1. The summed E-state index contributed by atoms with van der Waals surface area (Å²) in [5.41, 5.74) is 5.33. The van der Waals surface area contributed by atoms with Crippen LogP contribution in [-0.4, -0.2) is 6.03 Å². The van der Waals surface area contributed by atoms with Gasteiger partial charge in [-0.3, -0.25) is 5.43 Å². The number of nitrogens with one attached hydrogen (secondary N) is 3. The molecule has 1 fully saturated rings. The van der Waals surface area contributed by atoms with Crippen LogP contribution in [0, 0.1) is 0 Å². The van der Waals surface area contributed by atoms with E-state index in [1.165, 1.54) is 0 Å². The Kier molecular flexibility index (Phi) is 2.50. The van der Waals surface area contributed by atoms with Gasteiger partial charge in [0, 0.05) is 15.6 Å². The van der Waals surface area contributed by atoms with E-state index in [9.17, 15) is 4.79 Å². The fourth-order valence-corrected chi connectivity index (χ4v) is 2.10. The van der Waals surface area contributed by atoms with E-state index in [2.05, 4.69) is 16.2 Å². The maximum atomic E-state index is 11.1. The van der Waals surface area contributed by atoms with Crippen LogP contribution in [0.1, 0.15) is 12.5 Å². The molecule has 1 unspecified atom stereocenters. The first-order chi connectivity index (χ1) is 7.01. The van der Waals surface area contributed by atoms with Crippen LogP contribution in [0.4, 0.5) is 4.79 Å². The Hall–Kier alpha value is -0.970. The molecule has 1 aliphatic heterocycles. The van der Waals surface area contributed by atoms with E-state index in [4.69, 9.17) is 23.2 Å². The topological polar surface area (TPSA) is 53.2 Å². The molecule has 1 saturated heterocycles. The minimum atomic E-state index is -0.710. The van der Waals surface area contributed by atoms with Crippen molar-refractivity contribution < 1.29 is 4.79 Å². The molecule has 3 N–H and O–H groups in total. The number of carbonyl (C=O) groups is 1. The molecule has 1 aliphatic rings. The lowest BCUT2D eigenvalue weighted by molar-refractivity contribution is 0.245. The molecule has 2 rings (SSSR count). The van der Waals surface area contributed by atoms with Crippen LogP contribution in [0.25, 0.3) is 0 Å². The summed E-state index contributed by atoms with van der Waals surface area (Å²) >= 11 is 11.8. The van der Waals surface area contributed by atoms with Crippen LogP contribution in [-0.2, 0) is 5.66 Å². The molecule has 0 spiro atoms. The summed E-state index contributed by atoms with van der Waals surface area (Å²) in [6, 6.07) is 4.84. The van der Waals surface area contributed by atoms with Crippen LogP contribution in [0.3, 0.4) is 0 Å². The number of hydrazine groups is 1. The van der Waals surface area contributed by atoms with Gasteiger partial charge < -0.3 is 5.32 Å². The molecule has 15 heavy (non-hydrogen) atoms.